The van der Waals surface area contributed by atoms with Crippen molar-refractivity contribution in [3.05, 3.63) is 35.4 Å². The summed E-state index contributed by atoms with van der Waals surface area (Å²) in [5.41, 5.74) is 2.52. The second kappa shape index (κ2) is 10.6. The van der Waals surface area contributed by atoms with E-state index >= 15 is 0 Å². The summed E-state index contributed by atoms with van der Waals surface area (Å²) in [6.07, 6.45) is 3.68. The summed E-state index contributed by atoms with van der Waals surface area (Å²) < 4.78 is 6.07. The molecule has 3 rings (SSSR count). The SMILES string of the molecule is CCNC(=NCCC(CC)N1CCCC1=O)N1CCOC(c2ccccc2C)C1. The molecule has 0 aliphatic carbocycles. The van der Waals surface area contributed by atoms with Crippen molar-refractivity contribution in [3.63, 3.8) is 0 Å². The smallest absolute Gasteiger partial charge is 0.222 e. The largest absolute Gasteiger partial charge is 0.370 e. The predicted molar refractivity (Wildman–Crippen MR) is 117 cm³/mol. The quantitative estimate of drug-likeness (QED) is 0.564. The molecule has 0 bridgehead atoms. The van der Waals surface area contributed by atoms with Crippen LogP contribution in [0.2, 0.25) is 0 Å². The summed E-state index contributed by atoms with van der Waals surface area (Å²) in [6, 6.07) is 8.75. The van der Waals surface area contributed by atoms with Crippen molar-refractivity contribution in [2.24, 2.45) is 4.99 Å². The summed E-state index contributed by atoms with van der Waals surface area (Å²) in [7, 11) is 0. The van der Waals surface area contributed by atoms with Gasteiger partial charge in [-0.05, 0) is 44.2 Å². The molecule has 6 heteroatoms. The highest BCUT2D eigenvalue weighted by Crippen LogP contribution is 2.25. The molecule has 2 aliphatic heterocycles. The molecule has 6 nitrogen and oxygen atoms in total. The monoisotopic (exact) mass is 400 g/mol. The van der Waals surface area contributed by atoms with E-state index in [1.54, 1.807) is 0 Å². The number of nitrogens with zero attached hydrogens (tertiary/aromatic N) is 3. The number of aryl methyl sites for hydroxylation is 1. The van der Waals surface area contributed by atoms with Crippen LogP contribution < -0.4 is 5.32 Å². The van der Waals surface area contributed by atoms with Crippen LogP contribution in [0.25, 0.3) is 0 Å². The number of likely N-dealkylation sites (tertiary alicyclic amines) is 1. The Hall–Kier alpha value is -2.08. The van der Waals surface area contributed by atoms with Gasteiger partial charge in [0.15, 0.2) is 5.96 Å². The van der Waals surface area contributed by atoms with Gasteiger partial charge in [0.25, 0.3) is 0 Å². The number of hydrogen-bond donors (Lipinski definition) is 1. The molecule has 0 radical (unpaired) electrons. The van der Waals surface area contributed by atoms with Crippen LogP contribution in [-0.4, -0.2) is 67.0 Å². The number of nitrogens with one attached hydrogen (secondary N) is 1. The highest BCUT2D eigenvalue weighted by atomic mass is 16.5. The lowest BCUT2D eigenvalue weighted by molar-refractivity contribution is -0.129. The van der Waals surface area contributed by atoms with Gasteiger partial charge in [-0.25, -0.2) is 0 Å². The van der Waals surface area contributed by atoms with Gasteiger partial charge < -0.3 is 19.9 Å². The third-order valence-electron chi connectivity index (χ3n) is 5.98. The molecule has 0 spiro atoms. The number of carbonyl (C=O) groups is 1. The average Bonchev–Trinajstić information content (AvgIpc) is 3.16. The summed E-state index contributed by atoms with van der Waals surface area (Å²) in [5.74, 6) is 1.26. The first kappa shape index (κ1) is 21.6. The maximum Gasteiger partial charge on any atom is 0.222 e. The number of aliphatic imine (C=N–C) groups is 1. The van der Waals surface area contributed by atoms with E-state index in [4.69, 9.17) is 9.73 Å². The number of rotatable bonds is 7. The highest BCUT2D eigenvalue weighted by molar-refractivity contribution is 5.80. The fourth-order valence-electron chi connectivity index (χ4n) is 4.36. The van der Waals surface area contributed by atoms with Gasteiger partial charge in [0.05, 0.1) is 13.2 Å². The van der Waals surface area contributed by atoms with E-state index in [2.05, 4.69) is 60.2 Å². The molecule has 2 aliphatic rings. The minimum atomic E-state index is 0.0689. The van der Waals surface area contributed by atoms with Crippen molar-refractivity contribution in [2.45, 2.75) is 58.6 Å². The van der Waals surface area contributed by atoms with Crippen LogP contribution in [0.5, 0.6) is 0 Å². The molecule has 2 fully saturated rings. The second-order valence-electron chi connectivity index (χ2n) is 7.94. The molecule has 1 N–H and O–H groups in total. The summed E-state index contributed by atoms with van der Waals surface area (Å²) in [5, 5.41) is 3.45. The van der Waals surface area contributed by atoms with Crippen LogP contribution >= 0.6 is 0 Å². The van der Waals surface area contributed by atoms with Crippen LogP contribution in [0.4, 0.5) is 0 Å². The Labute approximate surface area is 175 Å². The Balaban J connectivity index is 1.63. The molecule has 1 aromatic carbocycles. The Bertz CT molecular complexity index is 706. The van der Waals surface area contributed by atoms with E-state index < -0.39 is 0 Å². The number of amides is 1. The van der Waals surface area contributed by atoms with Crippen LogP contribution in [-0.2, 0) is 9.53 Å². The highest BCUT2D eigenvalue weighted by Gasteiger charge is 2.27. The van der Waals surface area contributed by atoms with E-state index in [9.17, 15) is 4.79 Å². The third kappa shape index (κ3) is 5.50. The number of hydrogen-bond acceptors (Lipinski definition) is 3. The van der Waals surface area contributed by atoms with Crippen LogP contribution in [0.1, 0.15) is 56.8 Å². The molecule has 1 amide bonds. The molecule has 1 aromatic rings. The van der Waals surface area contributed by atoms with Crippen LogP contribution in [0.15, 0.2) is 29.3 Å². The van der Waals surface area contributed by atoms with Crippen molar-refractivity contribution in [2.75, 3.05) is 39.3 Å². The first-order valence-corrected chi connectivity index (χ1v) is 11.1. The van der Waals surface area contributed by atoms with Crippen molar-refractivity contribution >= 4 is 11.9 Å². The van der Waals surface area contributed by atoms with Crippen LogP contribution in [0, 0.1) is 6.92 Å². The van der Waals surface area contributed by atoms with Gasteiger partial charge in [0.1, 0.15) is 6.10 Å². The lowest BCUT2D eigenvalue weighted by Crippen LogP contribution is -2.48. The Morgan fingerprint density at radius 3 is 2.83 bits per heavy atom. The summed E-state index contributed by atoms with van der Waals surface area (Å²) in [6.45, 7) is 11.2. The van der Waals surface area contributed by atoms with E-state index in [1.165, 1.54) is 11.1 Å². The van der Waals surface area contributed by atoms with E-state index in [-0.39, 0.29) is 6.10 Å². The number of benzene rings is 1. The van der Waals surface area contributed by atoms with Gasteiger partial charge in [0, 0.05) is 38.6 Å². The lowest BCUT2D eigenvalue weighted by Gasteiger charge is -2.36. The molecule has 2 heterocycles. The van der Waals surface area contributed by atoms with Gasteiger partial charge in [-0.3, -0.25) is 9.79 Å². The van der Waals surface area contributed by atoms with Gasteiger partial charge in [-0.2, -0.15) is 0 Å². The molecule has 29 heavy (non-hydrogen) atoms. The standard InChI is InChI=1S/C23H36N4O2/c1-4-19(27-14-8-11-22(27)28)12-13-25-23(24-5-2)26-15-16-29-21(17-26)20-10-7-6-9-18(20)3/h6-7,9-10,19,21H,4-5,8,11-17H2,1-3H3,(H,24,25). The van der Waals surface area contributed by atoms with E-state index in [0.717, 1.165) is 57.9 Å². The maximum absolute atomic E-state index is 12.1. The minimum absolute atomic E-state index is 0.0689. The lowest BCUT2D eigenvalue weighted by atomic mass is 10.0. The second-order valence-corrected chi connectivity index (χ2v) is 7.94. The number of guanidine groups is 1. The normalized spacial score (nSPS) is 21.6. The van der Waals surface area contributed by atoms with E-state index in [1.807, 2.05) is 0 Å². The molecule has 0 aromatic heterocycles. The minimum Gasteiger partial charge on any atom is -0.370 e. The van der Waals surface area contributed by atoms with E-state index in [0.29, 0.717) is 25.0 Å². The molecular weight excluding hydrogens is 364 g/mol. The molecule has 160 valence electrons. The molecular formula is C23H36N4O2. The van der Waals surface area contributed by atoms with Crippen LogP contribution in [0.3, 0.4) is 0 Å². The number of carbonyl (C=O) groups excluding carboxylic acids is 1. The predicted octanol–water partition coefficient (Wildman–Crippen LogP) is 3.12. The van der Waals surface area contributed by atoms with Crippen molar-refractivity contribution in [1.29, 1.82) is 0 Å². The van der Waals surface area contributed by atoms with Crippen molar-refractivity contribution in [1.82, 2.24) is 15.1 Å². The fourth-order valence-corrected chi connectivity index (χ4v) is 4.36. The topological polar surface area (TPSA) is 57.2 Å². The molecule has 2 saturated heterocycles. The zero-order chi connectivity index (χ0) is 20.6. The molecule has 2 atom stereocenters. The number of morpholine rings is 1. The van der Waals surface area contributed by atoms with Gasteiger partial charge in [-0.15, -0.1) is 0 Å². The van der Waals surface area contributed by atoms with Gasteiger partial charge >= 0.3 is 0 Å². The summed E-state index contributed by atoms with van der Waals surface area (Å²) in [4.78, 5) is 21.4. The molecule has 2 unspecified atom stereocenters. The zero-order valence-electron chi connectivity index (χ0n) is 18.2. The Kier molecular flexibility index (Phi) is 7.92. The molecule has 0 saturated carbocycles. The maximum atomic E-state index is 12.1. The average molecular weight is 401 g/mol. The Morgan fingerprint density at radius 1 is 1.31 bits per heavy atom. The number of ether oxygens (including phenoxy) is 1. The first-order valence-electron chi connectivity index (χ1n) is 11.1. The summed E-state index contributed by atoms with van der Waals surface area (Å²) >= 11 is 0. The van der Waals surface area contributed by atoms with Gasteiger partial charge in [-0.1, -0.05) is 31.2 Å². The van der Waals surface area contributed by atoms with Gasteiger partial charge in [0.2, 0.25) is 5.91 Å². The zero-order valence-corrected chi connectivity index (χ0v) is 18.2. The first-order chi connectivity index (χ1) is 14.1. The Morgan fingerprint density at radius 2 is 2.14 bits per heavy atom. The third-order valence-corrected chi connectivity index (χ3v) is 5.98. The van der Waals surface area contributed by atoms with Crippen molar-refractivity contribution < 1.29 is 9.53 Å². The fraction of sp³-hybridized carbons (Fsp3) is 0.652. The van der Waals surface area contributed by atoms with Crippen molar-refractivity contribution in [3.8, 4) is 0 Å².